The lowest BCUT2D eigenvalue weighted by atomic mass is 10.00. The standard InChI is InChI=1S/C9H9ClN2O/c10-8-3-6(1-2-11-8)7-4-9(13)12-5-7/h1-3,7H,4-5H2,(H,12,13). The SMILES string of the molecule is O=C1CC(c2ccnc(Cl)c2)CN1. The topological polar surface area (TPSA) is 42.0 Å². The maximum atomic E-state index is 11.0. The summed E-state index contributed by atoms with van der Waals surface area (Å²) in [7, 11) is 0. The molecule has 1 atom stereocenters. The highest BCUT2D eigenvalue weighted by Crippen LogP contribution is 2.23. The molecular weight excluding hydrogens is 188 g/mol. The van der Waals surface area contributed by atoms with Gasteiger partial charge in [0.15, 0.2) is 0 Å². The highest BCUT2D eigenvalue weighted by atomic mass is 35.5. The molecule has 0 saturated carbocycles. The van der Waals surface area contributed by atoms with E-state index in [1.54, 1.807) is 6.20 Å². The molecule has 1 aliphatic rings. The Balaban J connectivity index is 2.21. The van der Waals surface area contributed by atoms with Gasteiger partial charge in [0.2, 0.25) is 5.91 Å². The molecule has 68 valence electrons. The van der Waals surface area contributed by atoms with E-state index in [0.717, 1.165) is 5.56 Å². The number of hydrogen-bond acceptors (Lipinski definition) is 2. The highest BCUT2D eigenvalue weighted by molar-refractivity contribution is 6.29. The molecule has 1 saturated heterocycles. The molecule has 2 heterocycles. The second-order valence-electron chi connectivity index (χ2n) is 3.12. The Labute approximate surface area is 81.1 Å². The molecule has 4 heteroatoms. The first kappa shape index (κ1) is 8.51. The van der Waals surface area contributed by atoms with Crippen LogP contribution in [-0.4, -0.2) is 17.4 Å². The molecule has 1 amide bonds. The van der Waals surface area contributed by atoms with Crippen LogP contribution in [0.3, 0.4) is 0 Å². The number of pyridine rings is 1. The average molecular weight is 197 g/mol. The zero-order valence-corrected chi connectivity index (χ0v) is 7.71. The lowest BCUT2D eigenvalue weighted by Crippen LogP contribution is -2.13. The monoisotopic (exact) mass is 196 g/mol. The smallest absolute Gasteiger partial charge is 0.220 e. The first-order valence-electron chi connectivity index (χ1n) is 4.14. The van der Waals surface area contributed by atoms with E-state index >= 15 is 0 Å². The summed E-state index contributed by atoms with van der Waals surface area (Å²) in [6, 6.07) is 3.71. The second-order valence-corrected chi connectivity index (χ2v) is 3.50. The minimum absolute atomic E-state index is 0.109. The van der Waals surface area contributed by atoms with Crippen molar-refractivity contribution in [1.29, 1.82) is 0 Å². The third-order valence-electron chi connectivity index (χ3n) is 2.20. The summed E-state index contributed by atoms with van der Waals surface area (Å²) in [5.74, 6) is 0.367. The van der Waals surface area contributed by atoms with Gasteiger partial charge in [0.25, 0.3) is 0 Å². The number of hydrogen-bond donors (Lipinski definition) is 1. The van der Waals surface area contributed by atoms with Crippen LogP contribution >= 0.6 is 11.6 Å². The molecule has 1 unspecified atom stereocenters. The van der Waals surface area contributed by atoms with Crippen LogP contribution in [0.2, 0.25) is 5.15 Å². The fourth-order valence-electron chi connectivity index (χ4n) is 1.51. The molecule has 0 aromatic carbocycles. The van der Waals surface area contributed by atoms with E-state index in [0.29, 0.717) is 18.1 Å². The minimum Gasteiger partial charge on any atom is -0.355 e. The fraction of sp³-hybridized carbons (Fsp3) is 0.333. The molecule has 13 heavy (non-hydrogen) atoms. The predicted molar refractivity (Wildman–Crippen MR) is 49.6 cm³/mol. The molecule has 1 fully saturated rings. The second kappa shape index (κ2) is 3.34. The third kappa shape index (κ3) is 1.80. The zero-order chi connectivity index (χ0) is 9.26. The van der Waals surface area contributed by atoms with Crippen molar-refractivity contribution in [3.63, 3.8) is 0 Å². The maximum absolute atomic E-state index is 11.0. The van der Waals surface area contributed by atoms with Gasteiger partial charge in [0, 0.05) is 25.1 Å². The lowest BCUT2D eigenvalue weighted by molar-refractivity contribution is -0.119. The van der Waals surface area contributed by atoms with Crippen LogP contribution in [0.4, 0.5) is 0 Å². The number of aromatic nitrogens is 1. The summed E-state index contributed by atoms with van der Waals surface area (Å²) in [5.41, 5.74) is 1.08. The number of halogens is 1. The lowest BCUT2D eigenvalue weighted by Gasteiger charge is -2.06. The van der Waals surface area contributed by atoms with E-state index < -0.39 is 0 Å². The van der Waals surface area contributed by atoms with Crippen molar-refractivity contribution in [2.24, 2.45) is 0 Å². The Morgan fingerprint density at radius 2 is 2.46 bits per heavy atom. The Morgan fingerprint density at radius 3 is 3.08 bits per heavy atom. The Bertz CT molecular complexity index is 340. The van der Waals surface area contributed by atoms with Gasteiger partial charge in [-0.25, -0.2) is 4.98 Å². The van der Waals surface area contributed by atoms with Crippen molar-refractivity contribution in [1.82, 2.24) is 10.3 Å². The van der Waals surface area contributed by atoms with Gasteiger partial charge in [-0.1, -0.05) is 11.6 Å². The molecule has 1 N–H and O–H groups in total. The van der Waals surface area contributed by atoms with Gasteiger partial charge < -0.3 is 5.32 Å². The number of amides is 1. The van der Waals surface area contributed by atoms with E-state index in [2.05, 4.69) is 10.3 Å². The van der Waals surface area contributed by atoms with Crippen LogP contribution < -0.4 is 5.32 Å². The summed E-state index contributed by atoms with van der Waals surface area (Å²) in [5, 5.41) is 3.27. The van der Waals surface area contributed by atoms with Crippen molar-refractivity contribution >= 4 is 17.5 Å². The van der Waals surface area contributed by atoms with Crippen molar-refractivity contribution in [3.8, 4) is 0 Å². The third-order valence-corrected chi connectivity index (χ3v) is 2.41. The van der Waals surface area contributed by atoms with E-state index in [-0.39, 0.29) is 11.8 Å². The largest absolute Gasteiger partial charge is 0.355 e. The molecule has 0 spiro atoms. The molecule has 2 rings (SSSR count). The quantitative estimate of drug-likeness (QED) is 0.689. The summed E-state index contributed by atoms with van der Waals surface area (Å²) < 4.78 is 0. The van der Waals surface area contributed by atoms with Crippen LogP contribution in [0.25, 0.3) is 0 Å². The van der Waals surface area contributed by atoms with Crippen LogP contribution in [0, 0.1) is 0 Å². The van der Waals surface area contributed by atoms with Gasteiger partial charge in [-0.3, -0.25) is 4.79 Å². The van der Waals surface area contributed by atoms with Gasteiger partial charge in [-0.2, -0.15) is 0 Å². The molecule has 3 nitrogen and oxygen atoms in total. The number of carbonyl (C=O) groups excluding carboxylic acids is 1. The predicted octanol–water partition coefficient (Wildman–Crippen LogP) is 1.34. The van der Waals surface area contributed by atoms with Crippen molar-refractivity contribution in [2.75, 3.05) is 6.54 Å². The molecule has 1 aliphatic heterocycles. The van der Waals surface area contributed by atoms with Crippen molar-refractivity contribution in [3.05, 3.63) is 29.0 Å². The normalized spacial score (nSPS) is 21.6. The van der Waals surface area contributed by atoms with E-state index in [1.807, 2.05) is 12.1 Å². The molecule has 0 bridgehead atoms. The van der Waals surface area contributed by atoms with Gasteiger partial charge in [-0.15, -0.1) is 0 Å². The molecule has 0 radical (unpaired) electrons. The van der Waals surface area contributed by atoms with Gasteiger partial charge in [0.05, 0.1) is 0 Å². The summed E-state index contributed by atoms with van der Waals surface area (Å²) in [6.45, 7) is 0.708. The highest BCUT2D eigenvalue weighted by Gasteiger charge is 2.22. The van der Waals surface area contributed by atoms with Crippen LogP contribution in [0.1, 0.15) is 17.9 Å². The molecule has 0 aliphatic carbocycles. The number of nitrogens with zero attached hydrogens (tertiary/aromatic N) is 1. The number of carbonyl (C=O) groups is 1. The van der Waals surface area contributed by atoms with Crippen LogP contribution in [0.15, 0.2) is 18.3 Å². The number of rotatable bonds is 1. The van der Waals surface area contributed by atoms with Crippen molar-refractivity contribution < 1.29 is 4.79 Å². The first-order chi connectivity index (χ1) is 6.25. The van der Waals surface area contributed by atoms with E-state index in [4.69, 9.17) is 11.6 Å². The summed E-state index contributed by atoms with van der Waals surface area (Å²) in [6.07, 6.45) is 2.22. The fourth-order valence-corrected chi connectivity index (χ4v) is 1.69. The van der Waals surface area contributed by atoms with Crippen LogP contribution in [0.5, 0.6) is 0 Å². The zero-order valence-electron chi connectivity index (χ0n) is 6.96. The summed E-state index contributed by atoms with van der Waals surface area (Å²) in [4.78, 5) is 14.8. The van der Waals surface area contributed by atoms with Crippen LogP contribution in [-0.2, 0) is 4.79 Å². The van der Waals surface area contributed by atoms with E-state index in [1.165, 1.54) is 0 Å². The average Bonchev–Trinajstić information content (AvgIpc) is 2.52. The van der Waals surface area contributed by atoms with Gasteiger partial charge >= 0.3 is 0 Å². The maximum Gasteiger partial charge on any atom is 0.220 e. The minimum atomic E-state index is 0.109. The molecule has 1 aromatic heterocycles. The molecule has 1 aromatic rings. The Morgan fingerprint density at radius 1 is 1.62 bits per heavy atom. The van der Waals surface area contributed by atoms with Gasteiger partial charge in [0.1, 0.15) is 5.15 Å². The molecular formula is C9H9ClN2O. The van der Waals surface area contributed by atoms with Gasteiger partial charge in [-0.05, 0) is 17.7 Å². The van der Waals surface area contributed by atoms with E-state index in [9.17, 15) is 4.79 Å². The number of nitrogens with one attached hydrogen (secondary N) is 1. The van der Waals surface area contributed by atoms with Crippen molar-refractivity contribution in [2.45, 2.75) is 12.3 Å². The summed E-state index contributed by atoms with van der Waals surface area (Å²) >= 11 is 5.74. The Hall–Kier alpha value is -1.09. The Kier molecular flexibility index (Phi) is 2.19. The first-order valence-corrected chi connectivity index (χ1v) is 4.51.